The van der Waals surface area contributed by atoms with Gasteiger partial charge in [-0.05, 0) is 44.9 Å². The standard InChI is InChI=1S/C23H39NO6S/c1-2-3-4-5-6-8-12-18(25)13-9-7-10-15-21(31-17-19(24)23(29)30)20(26)14-11-16-22(27)28/h6-10,15,18-21,25-26H,2-5,11-14,16-17,24H2,1H3,(H,27,28)(H,29,30)/p-1/b8-6-,9-7+,15-10+/t18-,19+,20+,21-/m1/s1. The first-order valence-electron chi connectivity index (χ1n) is 11.0. The number of unbranched alkanes of at least 4 members (excludes halogenated alkanes) is 3. The van der Waals surface area contributed by atoms with Gasteiger partial charge in [-0.3, -0.25) is 0 Å². The molecule has 7 nitrogen and oxygen atoms in total. The van der Waals surface area contributed by atoms with E-state index in [0.717, 1.165) is 6.42 Å². The van der Waals surface area contributed by atoms with Crippen LogP contribution in [0.25, 0.3) is 0 Å². The number of hydrogen-bond acceptors (Lipinski definition) is 7. The van der Waals surface area contributed by atoms with Crippen molar-refractivity contribution in [3.8, 4) is 0 Å². The molecule has 0 amide bonds. The van der Waals surface area contributed by atoms with Crippen LogP contribution in [0, 0.1) is 0 Å². The Labute approximate surface area is 190 Å². The molecule has 0 fully saturated rings. The van der Waals surface area contributed by atoms with Crippen molar-refractivity contribution < 1.29 is 35.7 Å². The second kappa shape index (κ2) is 19.1. The van der Waals surface area contributed by atoms with Gasteiger partial charge in [0.15, 0.2) is 0 Å². The maximum Gasteiger partial charge on any atom is 0.134 e. The van der Waals surface area contributed by atoms with Crippen LogP contribution in [0.1, 0.15) is 64.7 Å². The average Bonchev–Trinajstić information content (AvgIpc) is 2.71. The van der Waals surface area contributed by atoms with Crippen LogP contribution in [0.2, 0.25) is 0 Å². The lowest BCUT2D eigenvalue weighted by Crippen LogP contribution is -2.69. The van der Waals surface area contributed by atoms with Gasteiger partial charge in [0, 0.05) is 11.2 Å². The van der Waals surface area contributed by atoms with Gasteiger partial charge in [-0.2, -0.15) is 0 Å². The zero-order chi connectivity index (χ0) is 23.5. The van der Waals surface area contributed by atoms with E-state index >= 15 is 0 Å². The summed E-state index contributed by atoms with van der Waals surface area (Å²) in [6.45, 7) is 2.16. The van der Waals surface area contributed by atoms with Crippen molar-refractivity contribution in [2.45, 2.75) is 88.2 Å². The number of carbonyl (C=O) groups excluding carboxylic acids is 2. The molecule has 0 rings (SSSR count). The zero-order valence-electron chi connectivity index (χ0n) is 18.5. The summed E-state index contributed by atoms with van der Waals surface area (Å²) in [6, 6.07) is -0.906. The highest BCUT2D eigenvalue weighted by Gasteiger charge is 2.19. The summed E-state index contributed by atoms with van der Waals surface area (Å²) in [5.74, 6) is -2.25. The zero-order valence-corrected chi connectivity index (χ0v) is 19.3. The van der Waals surface area contributed by atoms with Crippen LogP contribution in [-0.4, -0.2) is 51.4 Å². The number of rotatable bonds is 19. The Morgan fingerprint density at radius 2 is 1.74 bits per heavy atom. The summed E-state index contributed by atoms with van der Waals surface area (Å²) in [5.41, 5.74) is 3.51. The summed E-state index contributed by atoms with van der Waals surface area (Å²) in [5, 5.41) is 41.3. The van der Waals surface area contributed by atoms with E-state index < -0.39 is 35.4 Å². The number of quaternary nitrogens is 1. The summed E-state index contributed by atoms with van der Waals surface area (Å²) in [7, 11) is 0. The molecule has 0 aromatic carbocycles. The average molecular weight is 457 g/mol. The van der Waals surface area contributed by atoms with E-state index in [0.29, 0.717) is 12.8 Å². The molecule has 0 spiro atoms. The number of aliphatic hydroxyl groups is 2. The minimum atomic E-state index is -1.25. The molecule has 0 heterocycles. The summed E-state index contributed by atoms with van der Waals surface area (Å²) in [4.78, 5) is 21.4. The van der Waals surface area contributed by atoms with Crippen LogP contribution in [0.3, 0.4) is 0 Å². The van der Waals surface area contributed by atoms with Crippen molar-refractivity contribution >= 4 is 23.7 Å². The minimum Gasteiger partial charge on any atom is -0.550 e. The number of carboxylic acids is 2. The van der Waals surface area contributed by atoms with Crippen molar-refractivity contribution in [1.82, 2.24) is 0 Å². The van der Waals surface area contributed by atoms with Crippen molar-refractivity contribution in [1.29, 1.82) is 0 Å². The number of aliphatic hydroxyl groups excluding tert-OH is 2. The molecule has 0 saturated heterocycles. The van der Waals surface area contributed by atoms with Crippen molar-refractivity contribution in [3.63, 3.8) is 0 Å². The fourth-order valence-electron chi connectivity index (χ4n) is 2.68. The first kappa shape index (κ1) is 29.4. The number of thioether (sulfide) groups is 1. The topological polar surface area (TPSA) is 148 Å². The molecule has 0 unspecified atom stereocenters. The van der Waals surface area contributed by atoms with Gasteiger partial charge in [0.25, 0.3) is 0 Å². The summed E-state index contributed by atoms with van der Waals surface area (Å²) < 4.78 is 0. The van der Waals surface area contributed by atoms with Gasteiger partial charge in [-0.15, -0.1) is 11.8 Å². The normalized spacial score (nSPS) is 16.1. The highest BCUT2D eigenvalue weighted by Crippen LogP contribution is 2.21. The number of aliphatic carboxylic acids is 2. The number of allylic oxidation sites excluding steroid dienone is 3. The third kappa shape index (κ3) is 17.7. The SMILES string of the molecule is CCCCC/C=C\C[C@@H](O)C/C=C/C=C/[C@@H](SC[C@H]([NH3+])C(=O)[O-])[C@@H](O)CCCC(=O)[O-]. The van der Waals surface area contributed by atoms with E-state index in [9.17, 15) is 30.0 Å². The van der Waals surface area contributed by atoms with Gasteiger partial charge in [0.05, 0.1) is 23.9 Å². The summed E-state index contributed by atoms with van der Waals surface area (Å²) in [6.07, 6.45) is 16.0. The van der Waals surface area contributed by atoms with E-state index in [1.807, 2.05) is 12.2 Å². The molecule has 0 radical (unpaired) electrons. The first-order chi connectivity index (χ1) is 14.8. The van der Waals surface area contributed by atoms with Crippen LogP contribution in [0.15, 0.2) is 36.5 Å². The smallest absolute Gasteiger partial charge is 0.134 e. The van der Waals surface area contributed by atoms with E-state index in [1.165, 1.54) is 31.0 Å². The fourth-order valence-corrected chi connectivity index (χ4v) is 3.83. The Kier molecular flexibility index (Phi) is 18.1. The number of hydrogen-bond donors (Lipinski definition) is 3. The molecule has 178 valence electrons. The Balaban J connectivity index is 4.53. The van der Waals surface area contributed by atoms with Crippen molar-refractivity contribution in [3.05, 3.63) is 36.5 Å². The Hall–Kier alpha value is -1.61. The van der Waals surface area contributed by atoms with E-state index in [2.05, 4.69) is 18.7 Å². The molecule has 31 heavy (non-hydrogen) atoms. The van der Waals surface area contributed by atoms with Crippen molar-refractivity contribution in [2.24, 2.45) is 0 Å². The molecule has 4 atom stereocenters. The highest BCUT2D eigenvalue weighted by atomic mass is 32.2. The Bertz CT molecular complexity index is 578. The minimum absolute atomic E-state index is 0.139. The van der Waals surface area contributed by atoms with Crippen LogP contribution in [0.4, 0.5) is 0 Å². The number of carboxylic acid groups (broad SMARTS) is 2. The molecular formula is C23H38NO6S-. The maximum atomic E-state index is 10.9. The number of carbonyl (C=O) groups is 2. The molecule has 0 saturated carbocycles. The lowest BCUT2D eigenvalue weighted by atomic mass is 10.1. The quantitative estimate of drug-likeness (QED) is 0.142. The van der Waals surface area contributed by atoms with Crippen LogP contribution in [0.5, 0.6) is 0 Å². The third-order valence-electron chi connectivity index (χ3n) is 4.59. The van der Waals surface area contributed by atoms with E-state index in [-0.39, 0.29) is 25.0 Å². The lowest BCUT2D eigenvalue weighted by molar-refractivity contribution is -0.431. The molecule has 0 aromatic heterocycles. The molecule has 0 aliphatic heterocycles. The molecule has 0 aromatic rings. The van der Waals surface area contributed by atoms with Gasteiger partial charge < -0.3 is 35.7 Å². The summed E-state index contributed by atoms with van der Waals surface area (Å²) >= 11 is 1.23. The fraction of sp³-hybridized carbons (Fsp3) is 0.652. The maximum absolute atomic E-state index is 10.9. The van der Waals surface area contributed by atoms with Crippen LogP contribution in [-0.2, 0) is 9.59 Å². The second-order valence-corrected chi connectivity index (χ2v) is 8.76. The first-order valence-corrected chi connectivity index (χ1v) is 12.0. The molecular weight excluding hydrogens is 418 g/mol. The highest BCUT2D eigenvalue weighted by molar-refractivity contribution is 8.00. The van der Waals surface area contributed by atoms with Gasteiger partial charge in [-0.1, -0.05) is 56.2 Å². The van der Waals surface area contributed by atoms with Gasteiger partial charge >= 0.3 is 0 Å². The van der Waals surface area contributed by atoms with E-state index in [4.69, 9.17) is 0 Å². The Morgan fingerprint density at radius 1 is 1.03 bits per heavy atom. The lowest BCUT2D eigenvalue weighted by Gasteiger charge is -2.20. The third-order valence-corrected chi connectivity index (χ3v) is 6.04. The van der Waals surface area contributed by atoms with Crippen LogP contribution >= 0.6 is 11.8 Å². The van der Waals surface area contributed by atoms with E-state index in [1.54, 1.807) is 18.2 Å². The monoisotopic (exact) mass is 456 g/mol. The van der Waals surface area contributed by atoms with Gasteiger partial charge in [-0.25, -0.2) is 0 Å². The molecule has 0 aliphatic rings. The second-order valence-electron chi connectivity index (χ2n) is 7.55. The van der Waals surface area contributed by atoms with Crippen molar-refractivity contribution in [2.75, 3.05) is 5.75 Å². The molecule has 5 N–H and O–H groups in total. The predicted octanol–water partition coefficient (Wildman–Crippen LogP) is 0.120. The predicted molar refractivity (Wildman–Crippen MR) is 120 cm³/mol. The molecule has 0 aliphatic carbocycles. The molecule has 0 bridgehead atoms. The Morgan fingerprint density at radius 3 is 2.39 bits per heavy atom. The molecule has 8 heteroatoms. The van der Waals surface area contributed by atoms with Gasteiger partial charge in [0.2, 0.25) is 0 Å². The largest absolute Gasteiger partial charge is 0.550 e. The van der Waals surface area contributed by atoms with Gasteiger partial charge in [0.1, 0.15) is 6.04 Å². The van der Waals surface area contributed by atoms with Crippen LogP contribution < -0.4 is 15.9 Å².